The topological polar surface area (TPSA) is 54.7 Å². The van der Waals surface area contributed by atoms with Gasteiger partial charge in [-0.3, -0.25) is 4.57 Å². The number of imidazole rings is 1. The number of thiocarbonyl (C=S) groups is 1. The van der Waals surface area contributed by atoms with Crippen LogP contribution in [0.3, 0.4) is 0 Å². The van der Waals surface area contributed by atoms with Crippen LogP contribution in [-0.2, 0) is 0 Å². The molecule has 1 aromatic heterocycles. The van der Waals surface area contributed by atoms with E-state index in [1.807, 2.05) is 66.9 Å². The van der Waals surface area contributed by atoms with Gasteiger partial charge in [-0.25, -0.2) is 9.99 Å². The number of ether oxygens (including phenoxy) is 1. The minimum absolute atomic E-state index is 0.275. The molecule has 0 saturated carbocycles. The fourth-order valence-corrected chi connectivity index (χ4v) is 4.48. The average Bonchev–Trinajstić information content (AvgIpc) is 3.33. The fraction of sp³-hybridized carbons (Fsp3) is 0.138. The molecule has 0 fully saturated rings. The number of rotatable bonds is 5. The first-order valence-electron chi connectivity index (χ1n) is 12.0. The average molecular weight is 548 g/mol. The van der Waals surface area contributed by atoms with Crippen LogP contribution in [0, 0.1) is 13.8 Å². The van der Waals surface area contributed by atoms with E-state index in [-0.39, 0.29) is 5.75 Å². The number of benzene rings is 4. The number of alkyl halides is 3. The van der Waals surface area contributed by atoms with E-state index in [1.54, 1.807) is 36.7 Å². The van der Waals surface area contributed by atoms with Crippen LogP contribution in [0.4, 0.5) is 18.9 Å². The van der Waals surface area contributed by atoms with Gasteiger partial charge in [0, 0.05) is 23.8 Å². The van der Waals surface area contributed by atoms with E-state index in [9.17, 15) is 13.2 Å². The third kappa shape index (κ3) is 5.70. The van der Waals surface area contributed by atoms with E-state index in [0.29, 0.717) is 10.8 Å². The van der Waals surface area contributed by atoms with Crippen molar-refractivity contribution in [2.24, 2.45) is 5.10 Å². The van der Waals surface area contributed by atoms with Gasteiger partial charge in [-0.05, 0) is 84.5 Å². The lowest BCUT2D eigenvalue weighted by molar-refractivity contribution is -0.274. The van der Waals surface area contributed by atoms with Gasteiger partial charge in [-0.15, -0.1) is 13.2 Å². The van der Waals surface area contributed by atoms with Crippen LogP contribution >= 0.6 is 12.2 Å². The first-order valence-corrected chi connectivity index (χ1v) is 12.4. The largest absolute Gasteiger partial charge is 0.573 e. The number of halogens is 3. The molecule has 5 rings (SSSR count). The normalized spacial score (nSPS) is 11.8. The molecule has 0 saturated heterocycles. The van der Waals surface area contributed by atoms with E-state index in [2.05, 4.69) is 20.1 Å². The molecule has 0 amide bonds. The Morgan fingerprint density at radius 2 is 1.74 bits per heavy atom. The molecule has 0 atom stereocenters. The van der Waals surface area contributed by atoms with Crippen molar-refractivity contribution in [2.45, 2.75) is 20.2 Å². The van der Waals surface area contributed by atoms with Gasteiger partial charge in [0.25, 0.3) is 0 Å². The standard InChI is InChI=1S/C29H24F3N5OS/c1-18-5-4-6-19(2)26(18)35-28(39)36(3)34-16-20-7-13-24-21(15-20)8-14-25-27(24)33-17-37(25)22-9-11-23(12-10-22)38-29(30,31)32/h4-17H,1-3H3,(H,35,39). The summed E-state index contributed by atoms with van der Waals surface area (Å²) < 4.78 is 43.2. The molecule has 5 aromatic rings. The maximum Gasteiger partial charge on any atom is 0.573 e. The molecule has 0 aliphatic carbocycles. The number of aryl methyl sites for hydroxylation is 2. The monoisotopic (exact) mass is 547 g/mol. The van der Waals surface area contributed by atoms with Gasteiger partial charge >= 0.3 is 6.36 Å². The molecule has 0 aliphatic rings. The lowest BCUT2D eigenvalue weighted by Gasteiger charge is -2.18. The predicted octanol–water partition coefficient (Wildman–Crippen LogP) is 7.36. The Labute approximate surface area is 228 Å². The molecular weight excluding hydrogens is 523 g/mol. The molecule has 10 heteroatoms. The predicted molar refractivity (Wildman–Crippen MR) is 153 cm³/mol. The van der Waals surface area contributed by atoms with Gasteiger partial charge in [0.2, 0.25) is 0 Å². The highest BCUT2D eigenvalue weighted by Crippen LogP contribution is 2.29. The zero-order chi connectivity index (χ0) is 27.7. The van der Waals surface area contributed by atoms with Crippen LogP contribution < -0.4 is 10.1 Å². The lowest BCUT2D eigenvalue weighted by atomic mass is 10.1. The molecule has 0 spiro atoms. The summed E-state index contributed by atoms with van der Waals surface area (Å²) in [6.07, 6.45) is -1.34. The number of aromatic nitrogens is 2. The van der Waals surface area contributed by atoms with Gasteiger partial charge in [-0.1, -0.05) is 36.4 Å². The minimum atomic E-state index is -4.73. The Hall–Kier alpha value is -4.44. The zero-order valence-corrected chi connectivity index (χ0v) is 22.1. The number of fused-ring (bicyclic) bond motifs is 3. The van der Waals surface area contributed by atoms with E-state index in [4.69, 9.17) is 12.2 Å². The highest BCUT2D eigenvalue weighted by atomic mass is 32.1. The first-order chi connectivity index (χ1) is 18.6. The molecule has 1 N–H and O–H groups in total. The summed E-state index contributed by atoms with van der Waals surface area (Å²) in [5, 5.41) is 11.8. The van der Waals surface area contributed by atoms with E-state index in [1.165, 1.54) is 12.1 Å². The van der Waals surface area contributed by atoms with Crippen molar-refractivity contribution >= 4 is 51.0 Å². The van der Waals surface area contributed by atoms with Crippen molar-refractivity contribution in [3.63, 3.8) is 0 Å². The summed E-state index contributed by atoms with van der Waals surface area (Å²) in [6.45, 7) is 4.05. The number of nitrogens with one attached hydrogen (secondary N) is 1. The summed E-state index contributed by atoms with van der Waals surface area (Å²) in [7, 11) is 1.79. The van der Waals surface area contributed by atoms with Crippen LogP contribution in [0.5, 0.6) is 5.75 Å². The number of nitrogens with zero attached hydrogens (tertiary/aromatic N) is 4. The van der Waals surface area contributed by atoms with E-state index < -0.39 is 6.36 Å². The van der Waals surface area contributed by atoms with Crippen molar-refractivity contribution in [3.8, 4) is 11.4 Å². The Morgan fingerprint density at radius 3 is 2.44 bits per heavy atom. The second-order valence-corrected chi connectivity index (χ2v) is 9.42. The molecule has 4 aromatic carbocycles. The molecule has 0 aliphatic heterocycles. The van der Waals surface area contributed by atoms with Gasteiger partial charge < -0.3 is 10.1 Å². The molecule has 0 unspecified atom stereocenters. The van der Waals surface area contributed by atoms with Gasteiger partial charge in [-0.2, -0.15) is 5.10 Å². The molecule has 0 radical (unpaired) electrons. The smallest absolute Gasteiger partial charge is 0.406 e. The van der Waals surface area contributed by atoms with Crippen LogP contribution in [0.15, 0.2) is 84.2 Å². The number of hydrazone groups is 1. The Morgan fingerprint density at radius 1 is 1.03 bits per heavy atom. The fourth-order valence-electron chi connectivity index (χ4n) is 4.33. The summed E-state index contributed by atoms with van der Waals surface area (Å²) in [5.74, 6) is -0.275. The van der Waals surface area contributed by atoms with Crippen molar-refractivity contribution in [1.29, 1.82) is 0 Å². The molecule has 39 heavy (non-hydrogen) atoms. The maximum absolute atomic E-state index is 12.5. The quantitative estimate of drug-likeness (QED) is 0.142. The summed E-state index contributed by atoms with van der Waals surface area (Å²) >= 11 is 5.53. The van der Waals surface area contributed by atoms with Crippen molar-refractivity contribution < 1.29 is 17.9 Å². The zero-order valence-electron chi connectivity index (χ0n) is 21.3. The van der Waals surface area contributed by atoms with E-state index >= 15 is 0 Å². The number of hydrogen-bond acceptors (Lipinski definition) is 4. The lowest BCUT2D eigenvalue weighted by Crippen LogP contribution is -2.27. The van der Waals surface area contributed by atoms with Crippen LogP contribution in [0.1, 0.15) is 16.7 Å². The second kappa shape index (κ2) is 10.4. The summed E-state index contributed by atoms with van der Waals surface area (Å²) in [4.78, 5) is 4.57. The summed E-state index contributed by atoms with van der Waals surface area (Å²) in [5.41, 5.74) is 6.35. The van der Waals surface area contributed by atoms with Crippen molar-refractivity contribution in [1.82, 2.24) is 14.6 Å². The number of hydrogen-bond donors (Lipinski definition) is 1. The SMILES string of the molecule is Cc1cccc(C)c1NC(=S)N(C)N=Cc1ccc2c(ccc3c2ncn3-c2ccc(OC(F)(F)F)cc2)c1. The Bertz CT molecular complexity index is 1690. The first kappa shape index (κ1) is 26.2. The third-order valence-corrected chi connectivity index (χ3v) is 6.66. The molecule has 1 heterocycles. The molecule has 198 valence electrons. The van der Waals surface area contributed by atoms with Gasteiger partial charge in [0.15, 0.2) is 5.11 Å². The van der Waals surface area contributed by atoms with Crippen molar-refractivity contribution in [2.75, 3.05) is 12.4 Å². The van der Waals surface area contributed by atoms with Crippen LogP contribution in [0.25, 0.3) is 27.5 Å². The number of para-hydroxylation sites is 1. The molecular formula is C29H24F3N5OS. The number of anilines is 1. The Balaban J connectivity index is 1.35. The van der Waals surface area contributed by atoms with E-state index in [0.717, 1.165) is 44.2 Å². The van der Waals surface area contributed by atoms with Gasteiger partial charge in [0.05, 0.1) is 17.2 Å². The highest BCUT2D eigenvalue weighted by molar-refractivity contribution is 7.80. The van der Waals surface area contributed by atoms with Crippen molar-refractivity contribution in [3.05, 3.63) is 95.8 Å². The highest BCUT2D eigenvalue weighted by Gasteiger charge is 2.31. The Kier molecular flexibility index (Phi) is 6.96. The molecule has 6 nitrogen and oxygen atoms in total. The second-order valence-electron chi connectivity index (χ2n) is 9.04. The van der Waals surface area contributed by atoms with Crippen LogP contribution in [-0.4, -0.2) is 39.3 Å². The maximum atomic E-state index is 12.5. The van der Waals surface area contributed by atoms with Crippen LogP contribution in [0.2, 0.25) is 0 Å². The third-order valence-electron chi connectivity index (χ3n) is 6.29. The van der Waals surface area contributed by atoms with Gasteiger partial charge in [0.1, 0.15) is 12.1 Å². The summed E-state index contributed by atoms with van der Waals surface area (Å²) in [6, 6.07) is 21.6. The minimum Gasteiger partial charge on any atom is -0.406 e. The molecule has 0 bridgehead atoms.